The molecule has 4 aromatic carbocycles. The molecule has 0 fully saturated rings. The minimum absolute atomic E-state index is 0. The van der Waals surface area contributed by atoms with Gasteiger partial charge < -0.3 is 30.0 Å². The van der Waals surface area contributed by atoms with E-state index < -0.39 is 41.8 Å². The summed E-state index contributed by atoms with van der Waals surface area (Å²) in [5.74, 6) is -1.80. The molecule has 0 unspecified atom stereocenters. The molecule has 14 nitrogen and oxygen atoms in total. The smallest absolute Gasteiger partial charge is 0.407 e. The van der Waals surface area contributed by atoms with Gasteiger partial charge in [-0.15, -0.1) is 25.6 Å². The third-order valence-electron chi connectivity index (χ3n) is 12.5. The van der Waals surface area contributed by atoms with Crippen molar-refractivity contribution in [3.63, 3.8) is 0 Å². The molecule has 2 aliphatic rings. The molecule has 10 rings (SSSR count). The van der Waals surface area contributed by atoms with Gasteiger partial charge in [0, 0.05) is 65.0 Å². The number of alkyl halides is 1. The number of nitrogens with zero attached hydrogens (tertiary/aromatic N) is 4. The van der Waals surface area contributed by atoms with Gasteiger partial charge in [0.15, 0.2) is 0 Å². The van der Waals surface area contributed by atoms with E-state index in [1.807, 2.05) is 104 Å². The zero-order chi connectivity index (χ0) is 60.1. The van der Waals surface area contributed by atoms with Crippen molar-refractivity contribution in [2.45, 2.75) is 75.4 Å². The first-order chi connectivity index (χ1) is 39.8. The SMILES string of the molecule is BrCc1ccc(Br)nc1.C=C.CC(C)(C)OC(=O)[C@H](Cc1ccc(Br)nc1)NC(=O)OCC1c2ccccc2-c2ccccc21.Cc1ccc(Br)cn1.Cl.O=C(N[C@@H](Cc1ccc(Br)nc1)C(=O)O)OCC1c2ccccc2-c2ccccc21. The van der Waals surface area contributed by atoms with Crippen LogP contribution in [0.5, 0.6) is 0 Å². The van der Waals surface area contributed by atoms with Crippen molar-refractivity contribution >= 4 is 116 Å². The quantitative estimate of drug-likeness (QED) is 0.0326. The van der Waals surface area contributed by atoms with Crippen LogP contribution in [-0.4, -0.2) is 80.1 Å². The van der Waals surface area contributed by atoms with Gasteiger partial charge >= 0.3 is 24.1 Å². The lowest BCUT2D eigenvalue weighted by atomic mass is 9.98. The molecule has 8 aromatic rings. The summed E-state index contributed by atoms with van der Waals surface area (Å²) in [5, 5.41) is 15.5. The number of carbonyl (C=O) groups excluding carboxylic acids is 3. The molecule has 84 heavy (non-hydrogen) atoms. The van der Waals surface area contributed by atoms with Crippen LogP contribution in [0.15, 0.2) is 202 Å². The van der Waals surface area contributed by atoms with Gasteiger partial charge in [0.05, 0.1) is 0 Å². The van der Waals surface area contributed by atoms with Crippen LogP contribution in [0.3, 0.4) is 0 Å². The van der Waals surface area contributed by atoms with E-state index in [1.54, 1.807) is 57.6 Å². The number of fused-ring (bicyclic) bond motifs is 6. The Morgan fingerprint density at radius 2 is 0.905 bits per heavy atom. The second-order valence-corrected chi connectivity index (χ2v) is 23.5. The number of aryl methyl sites for hydroxylation is 1. The Kier molecular flexibility index (Phi) is 27.4. The number of carboxylic acid groups (broad SMARTS) is 1. The molecular formula is C64H62Br5ClN6O8. The van der Waals surface area contributed by atoms with E-state index in [0.29, 0.717) is 14.8 Å². The normalized spacial score (nSPS) is 12.2. The van der Waals surface area contributed by atoms with E-state index in [1.165, 1.54) is 5.56 Å². The van der Waals surface area contributed by atoms with Crippen LogP contribution >= 0.6 is 92.1 Å². The lowest BCUT2D eigenvalue weighted by molar-refractivity contribution is -0.157. The molecule has 0 aliphatic heterocycles. The molecule has 0 spiro atoms. The predicted molar refractivity (Wildman–Crippen MR) is 348 cm³/mol. The number of benzene rings is 4. The monoisotopic (exact) mass is 1470 g/mol. The molecule has 20 heteroatoms. The molecule has 4 aromatic heterocycles. The first-order valence-electron chi connectivity index (χ1n) is 26.0. The van der Waals surface area contributed by atoms with Crippen LogP contribution < -0.4 is 10.6 Å². The lowest BCUT2D eigenvalue weighted by Gasteiger charge is -2.24. The molecule has 3 N–H and O–H groups in total. The van der Waals surface area contributed by atoms with E-state index in [4.69, 9.17) is 14.2 Å². The van der Waals surface area contributed by atoms with Crippen molar-refractivity contribution in [2.24, 2.45) is 0 Å². The van der Waals surface area contributed by atoms with Gasteiger partial charge in [0.1, 0.15) is 44.7 Å². The van der Waals surface area contributed by atoms with E-state index in [0.717, 1.165) is 70.2 Å². The Labute approximate surface area is 538 Å². The summed E-state index contributed by atoms with van der Waals surface area (Å²) in [4.78, 5) is 65.9. The second kappa shape index (κ2) is 33.8. The average molecular weight is 1480 g/mol. The molecule has 0 saturated carbocycles. The number of pyridine rings is 4. The molecule has 0 saturated heterocycles. The molecule has 0 bridgehead atoms. The Balaban J connectivity index is 0.000000233. The zero-order valence-corrected chi connectivity index (χ0v) is 55.1. The second-order valence-electron chi connectivity index (χ2n) is 19.5. The van der Waals surface area contributed by atoms with Crippen LogP contribution in [0.25, 0.3) is 22.3 Å². The number of ether oxygens (including phenoxy) is 3. The van der Waals surface area contributed by atoms with Crippen molar-refractivity contribution < 1.29 is 38.5 Å². The van der Waals surface area contributed by atoms with Crippen molar-refractivity contribution in [1.29, 1.82) is 0 Å². The standard InChI is InChI=1S/C27H27BrN2O4.C23H19BrN2O4.C6H5Br2N.C6H6BrN.C2H4.ClH/c1-27(2,3)34-25(31)23(14-17-12-13-24(28)29-15-17)30-26(32)33-16-22-20-10-6-4-8-18(20)19-9-5-7-11-21(19)22;24-21-10-9-14(12-25-21)11-20(22(27)28)26-23(29)30-13-19-17-7-3-1-5-15(17)16-6-2-4-8-18(16)19;7-3-5-1-2-6(8)9-4-5;1-5-2-3-6(7)4-8-5;1-2;/h4-13,15,22-23H,14,16H2,1-3H3,(H,30,32);1-10,12,19-20H,11,13H2,(H,26,29)(H,27,28);1-2,4H,3H2;2-4H,1H3;1-2H2;1H/t23-;20-;;;;/m00..../s1. The van der Waals surface area contributed by atoms with Gasteiger partial charge in [-0.2, -0.15) is 0 Å². The highest BCUT2D eigenvalue weighted by atomic mass is 79.9. The highest BCUT2D eigenvalue weighted by Crippen LogP contribution is 2.46. The summed E-state index contributed by atoms with van der Waals surface area (Å²) in [5.41, 5.74) is 12.1. The van der Waals surface area contributed by atoms with Gasteiger partial charge in [-0.25, -0.2) is 34.1 Å². The van der Waals surface area contributed by atoms with Crippen molar-refractivity contribution in [1.82, 2.24) is 30.6 Å². The third kappa shape index (κ3) is 20.6. The highest BCUT2D eigenvalue weighted by molar-refractivity contribution is 9.11. The molecule has 438 valence electrons. The zero-order valence-electron chi connectivity index (χ0n) is 46.3. The molecule has 2 aliphatic carbocycles. The fraction of sp³-hybridized carbons (Fsp3) is 0.219. The van der Waals surface area contributed by atoms with Gasteiger partial charge in [0.2, 0.25) is 0 Å². The molecule has 2 amide bonds. The maximum atomic E-state index is 12.8. The fourth-order valence-corrected chi connectivity index (χ4v) is 10.1. The van der Waals surface area contributed by atoms with Crippen molar-refractivity contribution in [2.75, 3.05) is 13.2 Å². The number of rotatable bonds is 13. The Bertz CT molecular complexity index is 3320. The van der Waals surface area contributed by atoms with Crippen LogP contribution in [0.4, 0.5) is 9.59 Å². The number of aliphatic carboxylic acids is 1. The van der Waals surface area contributed by atoms with Gasteiger partial charge in [-0.3, -0.25) is 4.98 Å². The number of hydrogen-bond donors (Lipinski definition) is 3. The largest absolute Gasteiger partial charge is 0.480 e. The Morgan fingerprint density at radius 3 is 1.23 bits per heavy atom. The molecule has 4 heterocycles. The number of carboxylic acids is 1. The summed E-state index contributed by atoms with van der Waals surface area (Å²) in [6.45, 7) is 13.6. The maximum absolute atomic E-state index is 12.8. The third-order valence-corrected chi connectivity index (χ3v) is 15.1. The summed E-state index contributed by atoms with van der Waals surface area (Å²) in [6, 6.07) is 45.3. The first-order valence-corrected chi connectivity index (χ1v) is 30.3. The van der Waals surface area contributed by atoms with Crippen LogP contribution in [-0.2, 0) is 42.0 Å². The topological polar surface area (TPSA) is 192 Å². The Hall–Kier alpha value is -6.61. The van der Waals surface area contributed by atoms with Crippen molar-refractivity contribution in [3.8, 4) is 22.3 Å². The summed E-state index contributed by atoms with van der Waals surface area (Å²) in [6.07, 6.45) is 5.77. The number of amides is 2. The van der Waals surface area contributed by atoms with E-state index in [-0.39, 0.29) is 50.3 Å². The molecule has 2 atom stereocenters. The first kappa shape index (κ1) is 68.2. The van der Waals surface area contributed by atoms with Crippen LogP contribution in [0.2, 0.25) is 0 Å². The number of aromatic nitrogens is 4. The number of nitrogens with one attached hydrogen (secondary N) is 2. The minimum atomic E-state index is -1.13. The Morgan fingerprint density at radius 1 is 0.536 bits per heavy atom. The highest BCUT2D eigenvalue weighted by Gasteiger charge is 2.33. The summed E-state index contributed by atoms with van der Waals surface area (Å²) >= 11 is 16.4. The number of esters is 1. The number of alkyl carbamates (subject to hydrolysis) is 2. The number of halogens is 6. The predicted octanol–water partition coefficient (Wildman–Crippen LogP) is 16.1. The molecule has 0 radical (unpaired) electrons. The van der Waals surface area contributed by atoms with Gasteiger partial charge in [-0.1, -0.05) is 131 Å². The summed E-state index contributed by atoms with van der Waals surface area (Å²) < 4.78 is 19.9. The molecular weight excluding hydrogens is 1420 g/mol. The number of hydrogen-bond acceptors (Lipinski definition) is 11. The van der Waals surface area contributed by atoms with E-state index in [9.17, 15) is 24.3 Å². The van der Waals surface area contributed by atoms with E-state index >= 15 is 0 Å². The maximum Gasteiger partial charge on any atom is 0.407 e. The summed E-state index contributed by atoms with van der Waals surface area (Å²) in [7, 11) is 0. The van der Waals surface area contributed by atoms with Gasteiger partial charge in [0.25, 0.3) is 0 Å². The fourth-order valence-electron chi connectivity index (χ4n) is 8.79. The number of carbonyl (C=O) groups is 4. The van der Waals surface area contributed by atoms with Crippen molar-refractivity contribution in [3.05, 3.63) is 246 Å². The van der Waals surface area contributed by atoms with E-state index in [2.05, 4.69) is 160 Å². The average Bonchev–Trinajstić information content (AvgIpc) is 3.71. The lowest BCUT2D eigenvalue weighted by Crippen LogP contribution is -2.46. The van der Waals surface area contributed by atoms with Crippen LogP contribution in [0, 0.1) is 6.92 Å². The minimum Gasteiger partial charge on any atom is -0.480 e. The van der Waals surface area contributed by atoms with Gasteiger partial charge in [-0.05, 0) is 183 Å². The van der Waals surface area contributed by atoms with Crippen LogP contribution in [0.1, 0.15) is 77.2 Å².